The van der Waals surface area contributed by atoms with E-state index >= 15 is 0 Å². The summed E-state index contributed by atoms with van der Waals surface area (Å²) in [6.45, 7) is 8.68. The van der Waals surface area contributed by atoms with Crippen LogP contribution >= 0.6 is 0 Å². The number of carboxylic acids is 1. The third kappa shape index (κ3) is 4.53. The van der Waals surface area contributed by atoms with Crippen LogP contribution in [-0.4, -0.2) is 42.2 Å². The number of hydrogen-bond acceptors (Lipinski definition) is 5. The van der Waals surface area contributed by atoms with Gasteiger partial charge in [0, 0.05) is 12.5 Å². The van der Waals surface area contributed by atoms with Crippen molar-refractivity contribution in [2.45, 2.75) is 45.4 Å². The molecule has 2 unspecified atom stereocenters. The van der Waals surface area contributed by atoms with E-state index in [-0.39, 0.29) is 28.6 Å². The van der Waals surface area contributed by atoms with E-state index < -0.39 is 5.97 Å². The van der Waals surface area contributed by atoms with Gasteiger partial charge in [0.1, 0.15) is 5.58 Å². The van der Waals surface area contributed by atoms with Gasteiger partial charge < -0.3 is 19.2 Å². The predicted octanol–water partition coefficient (Wildman–Crippen LogP) is 5.05. The molecule has 6 nitrogen and oxygen atoms in total. The summed E-state index contributed by atoms with van der Waals surface area (Å²) in [7, 11) is 0. The molecular weight excluding hydrogens is 418 g/mol. The number of rotatable bonds is 10. The number of fused-ring (bicyclic) bond motifs is 1. The lowest BCUT2D eigenvalue weighted by Crippen LogP contribution is -2.26. The molecule has 2 aromatic carbocycles. The van der Waals surface area contributed by atoms with Crippen LogP contribution in [0, 0.1) is 0 Å². The third-order valence-electron chi connectivity index (χ3n) is 6.60. The second-order valence-electron chi connectivity index (χ2n) is 8.46. The van der Waals surface area contributed by atoms with Gasteiger partial charge in [0.05, 0.1) is 17.6 Å². The fraction of sp³-hybridized carbons (Fsp3) is 0.407. The fourth-order valence-electron chi connectivity index (χ4n) is 4.70. The summed E-state index contributed by atoms with van der Waals surface area (Å²) < 4.78 is 12.1. The summed E-state index contributed by atoms with van der Waals surface area (Å²) in [4.78, 5) is 27.9. The molecule has 6 heteroatoms. The number of carboxylic acid groups (broad SMARTS) is 1. The molecule has 174 valence electrons. The smallest absolute Gasteiger partial charge is 0.335 e. The molecule has 1 aromatic heterocycles. The van der Waals surface area contributed by atoms with Crippen LogP contribution in [0.25, 0.3) is 11.0 Å². The van der Waals surface area contributed by atoms with E-state index in [4.69, 9.17) is 9.15 Å². The Balaban J connectivity index is 1.83. The SMILES string of the molecule is CCOc1c(C2CC2c2ccccc2)oc2ccc(C(=O)O)c(CCN(CC)CC)c2c1=O. The van der Waals surface area contributed by atoms with Crippen LogP contribution in [0.1, 0.15) is 66.3 Å². The average Bonchev–Trinajstić information content (AvgIpc) is 3.62. The minimum absolute atomic E-state index is 0.0734. The fourth-order valence-corrected chi connectivity index (χ4v) is 4.70. The third-order valence-corrected chi connectivity index (χ3v) is 6.60. The highest BCUT2D eigenvalue weighted by Gasteiger charge is 2.44. The van der Waals surface area contributed by atoms with Gasteiger partial charge in [-0.2, -0.15) is 0 Å². The van der Waals surface area contributed by atoms with Gasteiger partial charge in [-0.15, -0.1) is 0 Å². The molecule has 4 rings (SSSR count). The second-order valence-corrected chi connectivity index (χ2v) is 8.46. The van der Waals surface area contributed by atoms with Crippen LogP contribution in [0.15, 0.2) is 51.7 Å². The molecule has 2 atom stereocenters. The topological polar surface area (TPSA) is 80.0 Å². The Bertz CT molecular complexity index is 1200. The van der Waals surface area contributed by atoms with Crippen molar-refractivity contribution in [1.82, 2.24) is 4.90 Å². The Labute approximate surface area is 193 Å². The number of aromatic carboxylic acids is 1. The summed E-state index contributed by atoms with van der Waals surface area (Å²) in [6, 6.07) is 13.4. The summed E-state index contributed by atoms with van der Waals surface area (Å²) in [5.41, 5.74) is 2.03. The molecular formula is C27H31NO5. The van der Waals surface area contributed by atoms with E-state index in [1.807, 2.05) is 25.1 Å². The number of ether oxygens (including phenoxy) is 1. The molecule has 0 radical (unpaired) electrons. The van der Waals surface area contributed by atoms with Gasteiger partial charge in [0.2, 0.25) is 11.2 Å². The van der Waals surface area contributed by atoms with Crippen LogP contribution in [0.4, 0.5) is 0 Å². The molecule has 0 saturated heterocycles. The van der Waals surface area contributed by atoms with Crippen LogP contribution in [-0.2, 0) is 6.42 Å². The van der Waals surface area contributed by atoms with E-state index in [9.17, 15) is 14.7 Å². The van der Waals surface area contributed by atoms with Crippen molar-refractivity contribution >= 4 is 16.9 Å². The summed E-state index contributed by atoms with van der Waals surface area (Å²) in [5, 5.41) is 10.1. The largest absolute Gasteiger partial charge is 0.487 e. The predicted molar refractivity (Wildman–Crippen MR) is 129 cm³/mol. The molecule has 0 amide bonds. The monoisotopic (exact) mass is 449 g/mol. The van der Waals surface area contributed by atoms with Gasteiger partial charge in [-0.05, 0) is 62.0 Å². The highest BCUT2D eigenvalue weighted by atomic mass is 16.5. The van der Waals surface area contributed by atoms with Crippen molar-refractivity contribution in [1.29, 1.82) is 0 Å². The number of nitrogens with zero attached hydrogens (tertiary/aromatic N) is 1. The number of hydrogen-bond donors (Lipinski definition) is 1. The Kier molecular flexibility index (Phi) is 6.84. The van der Waals surface area contributed by atoms with Crippen molar-refractivity contribution < 1.29 is 19.1 Å². The lowest BCUT2D eigenvalue weighted by molar-refractivity contribution is 0.0695. The summed E-state index contributed by atoms with van der Waals surface area (Å²) in [6.07, 6.45) is 1.34. The number of likely N-dealkylation sites (N-methyl/N-ethyl adjacent to an activating group) is 1. The highest BCUT2D eigenvalue weighted by Crippen LogP contribution is 2.56. The second kappa shape index (κ2) is 9.79. The van der Waals surface area contributed by atoms with E-state index in [1.54, 1.807) is 12.1 Å². The van der Waals surface area contributed by atoms with Gasteiger partial charge in [0.25, 0.3) is 0 Å². The molecule has 0 bridgehead atoms. The first-order valence-electron chi connectivity index (χ1n) is 11.8. The molecule has 0 spiro atoms. The minimum atomic E-state index is -1.04. The molecule has 33 heavy (non-hydrogen) atoms. The maximum absolute atomic E-state index is 13.7. The first kappa shape index (κ1) is 23.1. The Hall–Kier alpha value is -3.12. The van der Waals surface area contributed by atoms with Crippen LogP contribution < -0.4 is 10.2 Å². The lowest BCUT2D eigenvalue weighted by atomic mass is 9.98. The van der Waals surface area contributed by atoms with E-state index in [0.29, 0.717) is 41.9 Å². The molecule has 1 saturated carbocycles. The first-order chi connectivity index (χ1) is 16.0. The van der Waals surface area contributed by atoms with Crippen LogP contribution in [0.3, 0.4) is 0 Å². The first-order valence-corrected chi connectivity index (χ1v) is 11.8. The molecule has 1 aliphatic rings. The van der Waals surface area contributed by atoms with E-state index in [1.165, 1.54) is 5.56 Å². The summed E-state index contributed by atoms with van der Waals surface area (Å²) in [5.74, 6) is 0.107. The maximum Gasteiger partial charge on any atom is 0.335 e. The molecule has 0 aliphatic heterocycles. The zero-order chi connectivity index (χ0) is 23.5. The zero-order valence-corrected chi connectivity index (χ0v) is 19.5. The molecule has 1 fully saturated rings. The highest BCUT2D eigenvalue weighted by molar-refractivity contribution is 5.96. The standard InChI is InChI=1S/C27H31NO5/c1-4-28(5-2)15-14-18-19(27(30)31)12-13-22-23(18)24(29)26(32-6-3)25(33-22)21-16-20(21)17-10-8-7-9-11-17/h7-13,20-21H,4-6,14-16H2,1-3H3,(H,30,31). The minimum Gasteiger partial charge on any atom is -0.487 e. The van der Waals surface area contributed by atoms with Gasteiger partial charge in [-0.1, -0.05) is 44.2 Å². The van der Waals surface area contributed by atoms with E-state index in [0.717, 1.165) is 19.5 Å². The number of benzene rings is 2. The van der Waals surface area contributed by atoms with Crippen molar-refractivity contribution in [2.24, 2.45) is 0 Å². The van der Waals surface area contributed by atoms with Gasteiger partial charge in [-0.3, -0.25) is 4.79 Å². The van der Waals surface area contributed by atoms with Crippen molar-refractivity contribution in [3.63, 3.8) is 0 Å². The van der Waals surface area contributed by atoms with Gasteiger partial charge in [-0.25, -0.2) is 4.79 Å². The van der Waals surface area contributed by atoms with Gasteiger partial charge in [0.15, 0.2) is 5.76 Å². The Morgan fingerprint density at radius 1 is 1.09 bits per heavy atom. The molecule has 1 N–H and O–H groups in total. The van der Waals surface area contributed by atoms with E-state index in [2.05, 4.69) is 30.9 Å². The number of carbonyl (C=O) groups is 1. The maximum atomic E-state index is 13.7. The quantitative estimate of drug-likeness (QED) is 0.467. The van der Waals surface area contributed by atoms with Crippen LogP contribution in [0.5, 0.6) is 5.75 Å². The Morgan fingerprint density at radius 2 is 1.82 bits per heavy atom. The Morgan fingerprint density at radius 3 is 2.45 bits per heavy atom. The van der Waals surface area contributed by atoms with Crippen LogP contribution in [0.2, 0.25) is 0 Å². The molecule has 1 aliphatic carbocycles. The van der Waals surface area contributed by atoms with Crippen molar-refractivity contribution in [3.8, 4) is 5.75 Å². The lowest BCUT2D eigenvalue weighted by Gasteiger charge is -2.19. The molecule has 3 aromatic rings. The zero-order valence-electron chi connectivity index (χ0n) is 19.5. The van der Waals surface area contributed by atoms with Crippen molar-refractivity contribution in [3.05, 3.63) is 75.1 Å². The molecule has 1 heterocycles. The van der Waals surface area contributed by atoms with Gasteiger partial charge >= 0.3 is 5.97 Å². The normalized spacial score (nSPS) is 17.5. The summed E-state index contributed by atoms with van der Waals surface area (Å²) >= 11 is 0. The average molecular weight is 450 g/mol. The van der Waals surface area contributed by atoms with Crippen molar-refractivity contribution in [2.75, 3.05) is 26.2 Å².